The molecule has 1 aliphatic carbocycles. The smallest absolute Gasteiger partial charge is 0.252 e. The Morgan fingerprint density at radius 2 is 1.72 bits per heavy atom. The van der Waals surface area contributed by atoms with Gasteiger partial charge >= 0.3 is 0 Å². The lowest BCUT2D eigenvalue weighted by Gasteiger charge is -2.27. The van der Waals surface area contributed by atoms with Crippen LogP contribution in [0.3, 0.4) is 0 Å². The number of aryl methyl sites for hydroxylation is 1. The molecule has 0 spiro atoms. The highest BCUT2D eigenvalue weighted by atomic mass is 32.2. The van der Waals surface area contributed by atoms with Crippen molar-refractivity contribution in [3.05, 3.63) is 71.8 Å². The van der Waals surface area contributed by atoms with Crippen molar-refractivity contribution < 1.29 is 18.0 Å². The number of imide groups is 1. The summed E-state index contributed by atoms with van der Waals surface area (Å²) in [6, 6.07) is 14.2. The lowest BCUT2D eigenvalue weighted by molar-refractivity contribution is -0.122. The Hall–Kier alpha value is -2.77. The number of anilines is 1. The van der Waals surface area contributed by atoms with Crippen molar-refractivity contribution in [1.82, 2.24) is 4.31 Å². The van der Waals surface area contributed by atoms with Gasteiger partial charge in [0.25, 0.3) is 5.91 Å². The van der Waals surface area contributed by atoms with E-state index in [1.807, 2.05) is 19.1 Å². The lowest BCUT2D eigenvalue weighted by atomic mass is 9.97. The summed E-state index contributed by atoms with van der Waals surface area (Å²) in [5.74, 6) is -0.870. The van der Waals surface area contributed by atoms with Crippen LogP contribution >= 0.6 is 0 Å². The molecule has 2 aromatic carbocycles. The van der Waals surface area contributed by atoms with Gasteiger partial charge in [-0.2, -0.15) is 4.31 Å². The third kappa shape index (κ3) is 4.54. The lowest BCUT2D eigenvalue weighted by Crippen LogP contribution is -2.46. The number of amides is 2. The molecule has 2 aromatic rings. The third-order valence-electron chi connectivity index (χ3n) is 6.15. The fraction of sp³-hybridized carbons (Fsp3) is 0.360. The Morgan fingerprint density at radius 3 is 2.38 bits per heavy atom. The zero-order valence-electron chi connectivity index (χ0n) is 18.2. The van der Waals surface area contributed by atoms with Crippen LogP contribution < -0.4 is 4.90 Å². The molecule has 0 aromatic heterocycles. The molecule has 2 aliphatic rings. The van der Waals surface area contributed by atoms with E-state index in [-0.39, 0.29) is 23.8 Å². The highest BCUT2D eigenvalue weighted by Crippen LogP contribution is 2.31. The Balaban J connectivity index is 1.66. The highest BCUT2D eigenvalue weighted by Gasteiger charge is 2.46. The van der Waals surface area contributed by atoms with Gasteiger partial charge in [0.2, 0.25) is 15.9 Å². The molecule has 1 aliphatic heterocycles. The van der Waals surface area contributed by atoms with Gasteiger partial charge in [-0.05, 0) is 63.3 Å². The monoisotopic (exact) mass is 452 g/mol. The maximum absolute atomic E-state index is 13.6. The zero-order chi connectivity index (χ0) is 22.7. The van der Waals surface area contributed by atoms with Gasteiger partial charge in [0.1, 0.15) is 6.04 Å². The van der Waals surface area contributed by atoms with E-state index in [0.717, 1.165) is 36.1 Å². The number of rotatable bonds is 7. The Labute approximate surface area is 189 Å². The fourth-order valence-corrected chi connectivity index (χ4v) is 5.97. The zero-order valence-corrected chi connectivity index (χ0v) is 19.1. The average Bonchev–Trinajstić information content (AvgIpc) is 3.09. The van der Waals surface area contributed by atoms with E-state index in [4.69, 9.17) is 0 Å². The van der Waals surface area contributed by atoms with Crippen LogP contribution in [0.15, 0.2) is 71.1 Å². The van der Waals surface area contributed by atoms with Crippen LogP contribution in [0.5, 0.6) is 0 Å². The van der Waals surface area contributed by atoms with Gasteiger partial charge in [0.05, 0.1) is 17.0 Å². The molecule has 1 fully saturated rings. The second-order valence-corrected chi connectivity index (χ2v) is 10.3. The maximum Gasteiger partial charge on any atom is 0.252 e. The molecule has 7 heteroatoms. The second kappa shape index (κ2) is 9.38. The van der Waals surface area contributed by atoms with Crippen LogP contribution in [0.4, 0.5) is 5.69 Å². The molecule has 0 bridgehead atoms. The van der Waals surface area contributed by atoms with Crippen molar-refractivity contribution in [2.24, 2.45) is 0 Å². The first kappa shape index (κ1) is 22.4. The quantitative estimate of drug-likeness (QED) is 0.466. The second-order valence-electron chi connectivity index (χ2n) is 8.41. The molecule has 168 valence electrons. The Morgan fingerprint density at radius 1 is 1.00 bits per heavy atom. The number of hydrogen-bond acceptors (Lipinski definition) is 4. The molecule has 0 N–H and O–H groups in total. The average molecular weight is 453 g/mol. The van der Waals surface area contributed by atoms with E-state index < -0.39 is 22.0 Å². The number of allylic oxidation sites excluding steroid dienone is 1. The van der Waals surface area contributed by atoms with Gasteiger partial charge in [0.15, 0.2) is 0 Å². The summed E-state index contributed by atoms with van der Waals surface area (Å²) < 4.78 is 28.4. The first-order chi connectivity index (χ1) is 15.4. The van der Waals surface area contributed by atoms with E-state index in [1.54, 1.807) is 30.3 Å². The van der Waals surface area contributed by atoms with Crippen molar-refractivity contribution in [3.63, 3.8) is 0 Å². The van der Waals surface area contributed by atoms with E-state index in [2.05, 4.69) is 6.08 Å². The van der Waals surface area contributed by atoms with Gasteiger partial charge in [0, 0.05) is 6.54 Å². The standard InChI is InChI=1S/C25H28N2O4S/c1-19-12-14-21(15-13-19)27-24(28)18-23(25(27)29)26(17-16-20-8-4-2-5-9-20)32(30,31)22-10-6-3-7-11-22/h3,6-8,10-15,23H,2,4-5,9,16-18H2,1H3. The number of benzene rings is 2. The molecule has 32 heavy (non-hydrogen) atoms. The Kier molecular flexibility index (Phi) is 6.58. The van der Waals surface area contributed by atoms with Crippen LogP contribution in [0.1, 0.15) is 44.1 Å². The van der Waals surface area contributed by atoms with E-state index in [0.29, 0.717) is 12.1 Å². The first-order valence-electron chi connectivity index (χ1n) is 11.1. The molecule has 2 amide bonds. The van der Waals surface area contributed by atoms with Gasteiger partial charge in [-0.3, -0.25) is 9.59 Å². The number of hydrogen-bond donors (Lipinski definition) is 0. The highest BCUT2D eigenvalue weighted by molar-refractivity contribution is 7.89. The van der Waals surface area contributed by atoms with Gasteiger partial charge < -0.3 is 0 Å². The maximum atomic E-state index is 13.6. The van der Waals surface area contributed by atoms with Crippen molar-refractivity contribution in [2.75, 3.05) is 11.4 Å². The number of nitrogens with zero attached hydrogens (tertiary/aromatic N) is 2. The molecule has 4 rings (SSSR count). The molecule has 1 unspecified atom stereocenters. The topological polar surface area (TPSA) is 74.8 Å². The first-order valence-corrected chi connectivity index (χ1v) is 12.5. The molecule has 1 atom stereocenters. The minimum Gasteiger partial charge on any atom is -0.274 e. The third-order valence-corrected chi connectivity index (χ3v) is 8.07. The predicted octanol–water partition coefficient (Wildman–Crippen LogP) is 4.21. The van der Waals surface area contributed by atoms with Crippen molar-refractivity contribution >= 4 is 27.5 Å². The van der Waals surface area contributed by atoms with Crippen LogP contribution in [0.25, 0.3) is 0 Å². The normalized spacial score (nSPS) is 19.5. The molecule has 0 radical (unpaired) electrons. The molecular formula is C25H28N2O4S. The summed E-state index contributed by atoms with van der Waals surface area (Å²) in [5.41, 5.74) is 2.70. The van der Waals surface area contributed by atoms with Crippen LogP contribution in [0, 0.1) is 6.92 Å². The number of carbonyl (C=O) groups is 2. The molecule has 6 nitrogen and oxygen atoms in total. The number of sulfonamides is 1. The van der Waals surface area contributed by atoms with E-state index >= 15 is 0 Å². The summed E-state index contributed by atoms with van der Waals surface area (Å²) >= 11 is 0. The predicted molar refractivity (Wildman–Crippen MR) is 124 cm³/mol. The molecule has 0 saturated carbocycles. The summed E-state index contributed by atoms with van der Waals surface area (Å²) in [5, 5.41) is 0. The molecule has 1 saturated heterocycles. The van der Waals surface area contributed by atoms with Crippen molar-refractivity contribution in [3.8, 4) is 0 Å². The van der Waals surface area contributed by atoms with Crippen molar-refractivity contribution in [2.45, 2.75) is 56.4 Å². The van der Waals surface area contributed by atoms with Gasteiger partial charge in [-0.25, -0.2) is 13.3 Å². The van der Waals surface area contributed by atoms with Gasteiger partial charge in [-0.15, -0.1) is 0 Å². The Bertz CT molecular complexity index is 1120. The minimum absolute atomic E-state index is 0.131. The van der Waals surface area contributed by atoms with Crippen molar-refractivity contribution in [1.29, 1.82) is 0 Å². The molecule has 1 heterocycles. The van der Waals surface area contributed by atoms with Crippen LogP contribution in [-0.2, 0) is 19.6 Å². The summed E-state index contributed by atoms with van der Waals surface area (Å²) in [7, 11) is -3.95. The summed E-state index contributed by atoms with van der Waals surface area (Å²) in [4.78, 5) is 27.4. The number of carbonyl (C=O) groups excluding carboxylic acids is 2. The molecular weight excluding hydrogens is 424 g/mol. The summed E-state index contributed by atoms with van der Waals surface area (Å²) in [6.07, 6.45) is 6.79. The van der Waals surface area contributed by atoms with E-state index in [9.17, 15) is 18.0 Å². The van der Waals surface area contributed by atoms with Crippen LogP contribution in [-0.4, -0.2) is 37.1 Å². The SMILES string of the molecule is Cc1ccc(N2C(=O)CC(N(CCC3=CCCCC3)S(=O)(=O)c3ccccc3)C2=O)cc1. The summed E-state index contributed by atoms with van der Waals surface area (Å²) in [6.45, 7) is 2.10. The van der Waals surface area contributed by atoms with E-state index in [1.165, 1.54) is 22.0 Å². The van der Waals surface area contributed by atoms with Gasteiger partial charge in [-0.1, -0.05) is 47.5 Å². The largest absolute Gasteiger partial charge is 0.274 e. The minimum atomic E-state index is -3.95. The fourth-order valence-electron chi connectivity index (χ4n) is 4.36. The van der Waals surface area contributed by atoms with Crippen LogP contribution in [0.2, 0.25) is 0 Å².